The molecule has 136 valence electrons. The lowest BCUT2D eigenvalue weighted by Crippen LogP contribution is -2.29. The van der Waals surface area contributed by atoms with E-state index in [2.05, 4.69) is 42.4 Å². The van der Waals surface area contributed by atoms with E-state index in [1.165, 1.54) is 17.7 Å². The summed E-state index contributed by atoms with van der Waals surface area (Å²) in [5, 5.41) is 3.41. The number of ether oxygens (including phenoxy) is 2. The predicted molar refractivity (Wildman–Crippen MR) is 105 cm³/mol. The third-order valence-corrected chi connectivity index (χ3v) is 4.20. The zero-order valence-corrected chi connectivity index (χ0v) is 15.3. The van der Waals surface area contributed by atoms with Gasteiger partial charge in [0, 0.05) is 31.4 Å². The van der Waals surface area contributed by atoms with Crippen molar-refractivity contribution in [1.29, 1.82) is 0 Å². The van der Waals surface area contributed by atoms with Gasteiger partial charge in [-0.2, -0.15) is 0 Å². The minimum atomic E-state index is 0.691. The fourth-order valence-electron chi connectivity index (χ4n) is 2.84. The highest BCUT2D eigenvalue weighted by Crippen LogP contribution is 2.27. The van der Waals surface area contributed by atoms with Crippen molar-refractivity contribution in [3.8, 4) is 5.75 Å². The Balaban J connectivity index is 2.16. The topological polar surface area (TPSA) is 33.7 Å². The Kier molecular flexibility index (Phi) is 8.29. The number of anilines is 1. The van der Waals surface area contributed by atoms with Gasteiger partial charge < -0.3 is 19.7 Å². The quantitative estimate of drug-likeness (QED) is 0.651. The summed E-state index contributed by atoms with van der Waals surface area (Å²) in [5.74, 6) is 1.50. The Morgan fingerprint density at radius 3 is 2.88 bits per heavy atom. The molecule has 4 heteroatoms. The molecule has 4 nitrogen and oxygen atoms in total. The number of hydrogen-bond donors (Lipinski definition) is 1. The summed E-state index contributed by atoms with van der Waals surface area (Å²) in [5.41, 5.74) is 2.45. The van der Waals surface area contributed by atoms with Crippen LogP contribution in [0.5, 0.6) is 5.75 Å². The molecule has 1 heterocycles. The van der Waals surface area contributed by atoms with E-state index in [1.807, 2.05) is 6.07 Å². The molecule has 1 N–H and O–H groups in total. The second-order valence-corrected chi connectivity index (χ2v) is 6.12. The number of aryl methyl sites for hydroxylation is 1. The minimum absolute atomic E-state index is 0.691. The Morgan fingerprint density at radius 2 is 2.08 bits per heavy atom. The van der Waals surface area contributed by atoms with E-state index in [4.69, 9.17) is 9.47 Å². The van der Waals surface area contributed by atoms with Gasteiger partial charge in [0.05, 0.1) is 13.2 Å². The molecule has 0 aliphatic carbocycles. The van der Waals surface area contributed by atoms with Crippen LogP contribution in [0.3, 0.4) is 0 Å². The van der Waals surface area contributed by atoms with Gasteiger partial charge in [0.1, 0.15) is 11.5 Å². The van der Waals surface area contributed by atoms with Crippen molar-refractivity contribution in [2.24, 2.45) is 0 Å². The van der Waals surface area contributed by atoms with E-state index in [0.717, 1.165) is 51.6 Å². The van der Waals surface area contributed by atoms with Gasteiger partial charge in [-0.05, 0) is 50.1 Å². The molecule has 0 unspecified atom stereocenters. The molecule has 0 radical (unpaired) electrons. The molecule has 25 heavy (non-hydrogen) atoms. The van der Waals surface area contributed by atoms with Crippen molar-refractivity contribution in [1.82, 2.24) is 5.32 Å². The number of nitrogens with zero attached hydrogens (tertiary/aromatic N) is 1. The molecule has 0 saturated carbocycles. The van der Waals surface area contributed by atoms with Crippen LogP contribution < -0.4 is 15.0 Å². The summed E-state index contributed by atoms with van der Waals surface area (Å²) in [6.45, 7) is 15.0. The molecule has 0 bridgehead atoms. The second kappa shape index (κ2) is 10.7. The van der Waals surface area contributed by atoms with E-state index < -0.39 is 0 Å². The normalized spacial score (nSPS) is 17.5. The van der Waals surface area contributed by atoms with Crippen molar-refractivity contribution in [3.05, 3.63) is 60.9 Å². The molecule has 1 aromatic carbocycles. The lowest BCUT2D eigenvalue weighted by Gasteiger charge is -2.27. The van der Waals surface area contributed by atoms with E-state index in [9.17, 15) is 0 Å². The smallest absolute Gasteiger partial charge is 0.129 e. The zero-order valence-electron chi connectivity index (χ0n) is 15.3. The van der Waals surface area contributed by atoms with Crippen molar-refractivity contribution < 1.29 is 9.47 Å². The lowest BCUT2D eigenvalue weighted by atomic mass is 10.1. The summed E-state index contributed by atoms with van der Waals surface area (Å²) in [6.07, 6.45) is 7.53. The molecule has 0 aromatic heterocycles. The van der Waals surface area contributed by atoms with Crippen molar-refractivity contribution in [3.63, 3.8) is 0 Å². The first kappa shape index (κ1) is 19.3. The predicted octanol–water partition coefficient (Wildman–Crippen LogP) is 3.84. The minimum Gasteiger partial charge on any atom is -0.457 e. The van der Waals surface area contributed by atoms with Gasteiger partial charge in [-0.1, -0.05) is 25.3 Å². The highest BCUT2D eigenvalue weighted by Gasteiger charge is 2.12. The maximum atomic E-state index is 5.92. The van der Waals surface area contributed by atoms with E-state index in [-0.39, 0.29) is 0 Å². The van der Waals surface area contributed by atoms with Crippen LogP contribution >= 0.6 is 0 Å². The summed E-state index contributed by atoms with van der Waals surface area (Å²) < 4.78 is 11.6. The van der Waals surface area contributed by atoms with Crippen LogP contribution in [0.4, 0.5) is 5.69 Å². The third kappa shape index (κ3) is 6.40. The first-order valence-electron chi connectivity index (χ1n) is 9.01. The molecule has 1 aliphatic rings. The Labute approximate surface area is 151 Å². The van der Waals surface area contributed by atoms with E-state index >= 15 is 0 Å². The van der Waals surface area contributed by atoms with Crippen molar-refractivity contribution in [2.45, 2.75) is 19.8 Å². The molecule has 0 spiro atoms. The largest absolute Gasteiger partial charge is 0.457 e. The molecule has 0 amide bonds. The molecule has 2 rings (SSSR count). The van der Waals surface area contributed by atoms with Crippen LogP contribution in [-0.2, 0) is 4.74 Å². The van der Waals surface area contributed by atoms with Gasteiger partial charge in [0.15, 0.2) is 0 Å². The maximum absolute atomic E-state index is 5.92. The van der Waals surface area contributed by atoms with Crippen LogP contribution in [0.1, 0.15) is 18.4 Å². The molecular weight excluding hydrogens is 312 g/mol. The number of nitrogens with one attached hydrogen (secondary N) is 1. The Hall–Kier alpha value is -2.04. The van der Waals surface area contributed by atoms with E-state index in [1.54, 1.807) is 18.2 Å². The van der Waals surface area contributed by atoms with Crippen LogP contribution in [0, 0.1) is 6.92 Å². The first-order chi connectivity index (χ1) is 12.2. The summed E-state index contributed by atoms with van der Waals surface area (Å²) in [6, 6.07) is 6.20. The van der Waals surface area contributed by atoms with Crippen molar-refractivity contribution >= 4 is 5.69 Å². The average molecular weight is 342 g/mol. The molecule has 1 aliphatic heterocycles. The van der Waals surface area contributed by atoms with Crippen molar-refractivity contribution in [2.75, 3.05) is 44.3 Å². The van der Waals surface area contributed by atoms with Crippen LogP contribution in [0.25, 0.3) is 0 Å². The molecule has 1 saturated heterocycles. The van der Waals surface area contributed by atoms with Crippen LogP contribution in [-0.4, -0.2) is 39.4 Å². The van der Waals surface area contributed by atoms with Gasteiger partial charge in [-0.15, -0.1) is 0 Å². The SMILES string of the molecule is C=C/C=C(\C=C)Oc1ccc(C)c(N2CCCCNCCOCC2)c1. The first-order valence-corrected chi connectivity index (χ1v) is 9.01. The number of benzene rings is 1. The number of rotatable bonds is 5. The molecule has 0 atom stereocenters. The summed E-state index contributed by atoms with van der Waals surface area (Å²) in [4.78, 5) is 2.40. The molecular formula is C21H30N2O2. The fraction of sp³-hybridized carbons (Fsp3) is 0.429. The monoisotopic (exact) mass is 342 g/mol. The zero-order chi connectivity index (χ0) is 17.9. The fourth-order valence-corrected chi connectivity index (χ4v) is 2.84. The van der Waals surface area contributed by atoms with Crippen LogP contribution in [0.15, 0.2) is 55.3 Å². The molecule has 1 aromatic rings. The summed E-state index contributed by atoms with van der Waals surface area (Å²) >= 11 is 0. The maximum Gasteiger partial charge on any atom is 0.129 e. The third-order valence-electron chi connectivity index (χ3n) is 4.20. The highest BCUT2D eigenvalue weighted by atomic mass is 16.5. The highest BCUT2D eigenvalue weighted by molar-refractivity contribution is 5.57. The Morgan fingerprint density at radius 1 is 1.20 bits per heavy atom. The van der Waals surface area contributed by atoms with E-state index in [0.29, 0.717) is 5.76 Å². The molecule has 1 fully saturated rings. The number of hydrogen-bond acceptors (Lipinski definition) is 4. The lowest BCUT2D eigenvalue weighted by molar-refractivity contribution is 0.143. The summed E-state index contributed by atoms with van der Waals surface area (Å²) in [7, 11) is 0. The van der Waals surface area contributed by atoms with Gasteiger partial charge in [-0.3, -0.25) is 0 Å². The van der Waals surface area contributed by atoms with Gasteiger partial charge in [0.25, 0.3) is 0 Å². The standard InChI is InChI=1S/C21H30N2O2/c1-4-8-19(5-2)25-20-10-9-18(3)21(17-20)23-13-7-6-11-22-12-15-24-16-14-23/h4-5,8-10,17,22H,1-2,6-7,11-16H2,3H3/b19-8+. The van der Waals surface area contributed by atoms with Gasteiger partial charge in [0.2, 0.25) is 0 Å². The van der Waals surface area contributed by atoms with Crippen LogP contribution in [0.2, 0.25) is 0 Å². The number of allylic oxidation sites excluding steroid dienone is 3. The van der Waals surface area contributed by atoms with Gasteiger partial charge in [-0.25, -0.2) is 0 Å². The Bertz CT molecular complexity index is 584. The average Bonchev–Trinajstić information content (AvgIpc) is 2.68. The van der Waals surface area contributed by atoms with Gasteiger partial charge >= 0.3 is 0 Å². The second-order valence-electron chi connectivity index (χ2n) is 6.12.